The maximum Gasteiger partial charge on any atom is 0.269 e. The highest BCUT2D eigenvalue weighted by Crippen LogP contribution is 2.08. The zero-order chi connectivity index (χ0) is 16.2. The van der Waals surface area contributed by atoms with Crippen molar-refractivity contribution in [2.24, 2.45) is 0 Å². The highest BCUT2D eigenvalue weighted by atomic mass is 19.1. The quantitative estimate of drug-likeness (QED) is 0.800. The molecule has 0 atom stereocenters. The molecule has 0 spiro atoms. The average Bonchev–Trinajstić information content (AvgIpc) is 2.57. The summed E-state index contributed by atoms with van der Waals surface area (Å²) in [6, 6.07) is 13.3. The standard InChI is InChI=1S/C17H14FN3O2/c18-13-6-2-1-5-12(13)9-20-16(22)11-21-15-8-4-3-7-14(15)19-10-17(21)23/h1-8,10H,9,11H2,(H,20,22). The SMILES string of the molecule is O=C(Cn1c(=O)cnc2ccccc21)NCc1ccccc1F. The van der Waals surface area contributed by atoms with Crippen LogP contribution in [0.5, 0.6) is 0 Å². The monoisotopic (exact) mass is 311 g/mol. The van der Waals surface area contributed by atoms with E-state index in [1.54, 1.807) is 36.4 Å². The molecular formula is C17H14FN3O2. The third kappa shape index (κ3) is 3.26. The Balaban J connectivity index is 1.77. The fourth-order valence-corrected chi connectivity index (χ4v) is 2.31. The number of hydrogen-bond acceptors (Lipinski definition) is 3. The summed E-state index contributed by atoms with van der Waals surface area (Å²) >= 11 is 0. The van der Waals surface area contributed by atoms with Crippen molar-refractivity contribution in [1.29, 1.82) is 0 Å². The van der Waals surface area contributed by atoms with Gasteiger partial charge in [-0.3, -0.25) is 14.2 Å². The van der Waals surface area contributed by atoms with E-state index in [1.807, 2.05) is 6.07 Å². The third-order valence-corrected chi connectivity index (χ3v) is 3.49. The number of aromatic nitrogens is 2. The van der Waals surface area contributed by atoms with E-state index in [9.17, 15) is 14.0 Å². The minimum atomic E-state index is -0.376. The summed E-state index contributed by atoms with van der Waals surface area (Å²) in [6.07, 6.45) is 1.19. The van der Waals surface area contributed by atoms with Crippen LogP contribution in [-0.2, 0) is 17.9 Å². The maximum absolute atomic E-state index is 13.5. The molecule has 0 radical (unpaired) electrons. The van der Waals surface area contributed by atoms with E-state index in [0.29, 0.717) is 16.6 Å². The molecule has 3 rings (SSSR count). The van der Waals surface area contributed by atoms with Crippen LogP contribution in [0.3, 0.4) is 0 Å². The topological polar surface area (TPSA) is 64.0 Å². The number of amides is 1. The Kier molecular flexibility index (Phi) is 4.14. The predicted molar refractivity (Wildman–Crippen MR) is 84.2 cm³/mol. The van der Waals surface area contributed by atoms with E-state index in [1.165, 1.54) is 16.8 Å². The van der Waals surface area contributed by atoms with Crippen LogP contribution in [0.1, 0.15) is 5.56 Å². The lowest BCUT2D eigenvalue weighted by Gasteiger charge is -2.10. The zero-order valence-electron chi connectivity index (χ0n) is 12.2. The van der Waals surface area contributed by atoms with Gasteiger partial charge in [0.2, 0.25) is 5.91 Å². The molecule has 0 aliphatic heterocycles. The summed E-state index contributed by atoms with van der Waals surface area (Å²) < 4.78 is 14.9. The molecule has 0 fully saturated rings. The molecule has 1 heterocycles. The summed E-state index contributed by atoms with van der Waals surface area (Å²) in [5.74, 6) is -0.744. The molecule has 23 heavy (non-hydrogen) atoms. The average molecular weight is 311 g/mol. The van der Waals surface area contributed by atoms with Crippen LogP contribution in [0.2, 0.25) is 0 Å². The Bertz CT molecular complexity index is 921. The minimum Gasteiger partial charge on any atom is -0.350 e. The second kappa shape index (κ2) is 6.39. The number of hydrogen-bond donors (Lipinski definition) is 1. The summed E-state index contributed by atoms with van der Waals surface area (Å²) in [6.45, 7) is -0.0698. The third-order valence-electron chi connectivity index (χ3n) is 3.49. The van der Waals surface area contributed by atoms with E-state index in [-0.39, 0.29) is 30.4 Å². The minimum absolute atomic E-state index is 0.0727. The van der Waals surface area contributed by atoms with E-state index in [0.717, 1.165) is 0 Å². The Morgan fingerprint density at radius 1 is 1.13 bits per heavy atom. The zero-order valence-corrected chi connectivity index (χ0v) is 12.2. The van der Waals surface area contributed by atoms with Crippen LogP contribution in [0.15, 0.2) is 59.5 Å². The van der Waals surface area contributed by atoms with E-state index >= 15 is 0 Å². The lowest BCUT2D eigenvalue weighted by atomic mass is 10.2. The number of rotatable bonds is 4. The van der Waals surface area contributed by atoms with Crippen molar-refractivity contribution in [3.63, 3.8) is 0 Å². The van der Waals surface area contributed by atoms with E-state index < -0.39 is 0 Å². The van der Waals surface area contributed by atoms with Gasteiger partial charge in [-0.05, 0) is 18.2 Å². The van der Waals surface area contributed by atoms with E-state index in [4.69, 9.17) is 0 Å². The van der Waals surface area contributed by atoms with Gasteiger partial charge >= 0.3 is 0 Å². The van der Waals surface area contributed by atoms with Crippen molar-refractivity contribution in [3.8, 4) is 0 Å². The number of nitrogens with zero attached hydrogens (tertiary/aromatic N) is 2. The number of carbonyl (C=O) groups is 1. The van der Waals surface area contributed by atoms with Gasteiger partial charge in [-0.2, -0.15) is 0 Å². The lowest BCUT2D eigenvalue weighted by Crippen LogP contribution is -2.32. The fraction of sp³-hybridized carbons (Fsp3) is 0.118. The molecule has 2 aromatic carbocycles. The van der Waals surface area contributed by atoms with Crippen molar-refractivity contribution in [2.45, 2.75) is 13.1 Å². The molecule has 6 heteroatoms. The van der Waals surface area contributed by atoms with Gasteiger partial charge in [0.15, 0.2) is 0 Å². The molecule has 0 saturated heterocycles. The van der Waals surface area contributed by atoms with Crippen molar-refractivity contribution in [3.05, 3.63) is 76.5 Å². The van der Waals surface area contributed by atoms with Crippen LogP contribution in [-0.4, -0.2) is 15.5 Å². The van der Waals surface area contributed by atoms with Gasteiger partial charge in [0, 0.05) is 12.1 Å². The first-order valence-electron chi connectivity index (χ1n) is 7.10. The van der Waals surface area contributed by atoms with Gasteiger partial charge < -0.3 is 5.32 Å². The van der Waals surface area contributed by atoms with Crippen LogP contribution in [0, 0.1) is 5.82 Å². The molecule has 0 unspecified atom stereocenters. The van der Waals surface area contributed by atoms with Gasteiger partial charge in [0.1, 0.15) is 12.4 Å². The molecule has 1 amide bonds. The van der Waals surface area contributed by atoms with Crippen LogP contribution in [0.25, 0.3) is 11.0 Å². The summed E-state index contributed by atoms with van der Waals surface area (Å²) in [5, 5.41) is 2.62. The summed E-state index contributed by atoms with van der Waals surface area (Å²) in [5.41, 5.74) is 1.26. The Morgan fingerprint density at radius 2 is 1.87 bits per heavy atom. The summed E-state index contributed by atoms with van der Waals surface area (Å²) in [7, 11) is 0. The molecule has 1 N–H and O–H groups in total. The van der Waals surface area contributed by atoms with Crippen LogP contribution in [0.4, 0.5) is 4.39 Å². The van der Waals surface area contributed by atoms with Gasteiger partial charge in [0.05, 0.1) is 17.2 Å². The van der Waals surface area contributed by atoms with Gasteiger partial charge in [-0.25, -0.2) is 9.37 Å². The second-order valence-electron chi connectivity index (χ2n) is 5.04. The number of halogens is 1. The van der Waals surface area contributed by atoms with Crippen LogP contribution < -0.4 is 10.9 Å². The molecule has 0 bridgehead atoms. The Morgan fingerprint density at radius 3 is 2.70 bits per heavy atom. The first kappa shape index (κ1) is 14.9. The molecular weight excluding hydrogens is 297 g/mol. The van der Waals surface area contributed by atoms with E-state index in [2.05, 4.69) is 10.3 Å². The Hall–Kier alpha value is -3.02. The molecule has 0 aliphatic rings. The first-order valence-corrected chi connectivity index (χ1v) is 7.10. The number of para-hydroxylation sites is 2. The molecule has 0 saturated carbocycles. The molecule has 0 aliphatic carbocycles. The van der Waals surface area contributed by atoms with Crippen molar-refractivity contribution in [1.82, 2.24) is 14.9 Å². The molecule has 1 aromatic heterocycles. The van der Waals surface area contributed by atoms with Crippen molar-refractivity contribution >= 4 is 16.9 Å². The maximum atomic E-state index is 13.5. The number of fused-ring (bicyclic) bond motifs is 1. The molecule has 116 valence electrons. The lowest BCUT2D eigenvalue weighted by molar-refractivity contribution is -0.121. The number of benzene rings is 2. The van der Waals surface area contributed by atoms with Crippen LogP contribution >= 0.6 is 0 Å². The highest BCUT2D eigenvalue weighted by Gasteiger charge is 2.09. The largest absolute Gasteiger partial charge is 0.350 e. The smallest absolute Gasteiger partial charge is 0.269 e. The van der Waals surface area contributed by atoms with Crippen molar-refractivity contribution in [2.75, 3.05) is 0 Å². The van der Waals surface area contributed by atoms with Gasteiger partial charge in [-0.1, -0.05) is 30.3 Å². The Labute approximate surface area is 131 Å². The predicted octanol–water partition coefficient (Wildman–Crippen LogP) is 1.85. The molecule has 5 nitrogen and oxygen atoms in total. The van der Waals surface area contributed by atoms with Gasteiger partial charge in [-0.15, -0.1) is 0 Å². The first-order chi connectivity index (χ1) is 11.1. The number of nitrogens with one attached hydrogen (secondary N) is 1. The fourth-order valence-electron chi connectivity index (χ4n) is 2.31. The summed E-state index contributed by atoms with van der Waals surface area (Å²) in [4.78, 5) is 28.1. The normalized spacial score (nSPS) is 10.7. The molecule has 3 aromatic rings. The highest BCUT2D eigenvalue weighted by molar-refractivity contribution is 5.79. The number of carbonyl (C=O) groups excluding carboxylic acids is 1. The second-order valence-corrected chi connectivity index (χ2v) is 5.04. The van der Waals surface area contributed by atoms with Gasteiger partial charge in [0.25, 0.3) is 5.56 Å². The van der Waals surface area contributed by atoms with Crippen molar-refractivity contribution < 1.29 is 9.18 Å².